The van der Waals surface area contributed by atoms with Crippen LogP contribution in [0.2, 0.25) is 0 Å². The molecule has 0 bridgehead atoms. The maximum absolute atomic E-state index is 13.3. The predicted molar refractivity (Wildman–Crippen MR) is 133 cm³/mol. The van der Waals surface area contributed by atoms with E-state index in [9.17, 15) is 13.2 Å². The summed E-state index contributed by atoms with van der Waals surface area (Å²) in [5.41, 5.74) is 1.69. The Morgan fingerprint density at radius 1 is 1.06 bits per heavy atom. The van der Waals surface area contributed by atoms with Crippen LogP contribution in [0, 0.1) is 12.8 Å². The number of ether oxygens (including phenoxy) is 2. The van der Waals surface area contributed by atoms with E-state index in [1.165, 1.54) is 25.6 Å². The second kappa shape index (κ2) is 10.0. The number of para-hydroxylation sites is 2. The van der Waals surface area contributed by atoms with Crippen LogP contribution in [-0.2, 0) is 14.8 Å². The van der Waals surface area contributed by atoms with E-state index in [0.29, 0.717) is 27.8 Å². The number of hydrogen-bond acceptors (Lipinski definition) is 7. The summed E-state index contributed by atoms with van der Waals surface area (Å²) in [6.07, 6.45) is 3.96. The Morgan fingerprint density at radius 2 is 1.76 bits per heavy atom. The number of anilines is 2. The molecule has 10 heteroatoms. The molecule has 1 aromatic heterocycles. The van der Waals surface area contributed by atoms with Gasteiger partial charge < -0.3 is 14.8 Å². The van der Waals surface area contributed by atoms with E-state index in [2.05, 4.69) is 15.0 Å². The molecule has 180 valence electrons. The van der Waals surface area contributed by atoms with Crippen molar-refractivity contribution in [2.75, 3.05) is 24.3 Å². The van der Waals surface area contributed by atoms with Crippen LogP contribution >= 0.6 is 11.3 Å². The summed E-state index contributed by atoms with van der Waals surface area (Å²) >= 11 is 1.32. The molecular formula is C24H27N3O5S2. The molecule has 0 radical (unpaired) electrons. The average Bonchev–Trinajstić information content (AvgIpc) is 3.49. The van der Waals surface area contributed by atoms with Crippen molar-refractivity contribution in [1.82, 2.24) is 4.98 Å². The van der Waals surface area contributed by atoms with Crippen LogP contribution in [0.3, 0.4) is 0 Å². The van der Waals surface area contributed by atoms with E-state index < -0.39 is 10.0 Å². The van der Waals surface area contributed by atoms with E-state index in [0.717, 1.165) is 30.6 Å². The quantitative estimate of drug-likeness (QED) is 0.447. The molecular weight excluding hydrogens is 474 g/mol. The summed E-state index contributed by atoms with van der Waals surface area (Å²) < 4.78 is 39.8. The zero-order valence-electron chi connectivity index (χ0n) is 19.3. The van der Waals surface area contributed by atoms with Gasteiger partial charge in [-0.3, -0.25) is 9.52 Å². The Hall–Kier alpha value is -3.11. The van der Waals surface area contributed by atoms with E-state index in [1.54, 1.807) is 42.5 Å². The van der Waals surface area contributed by atoms with Gasteiger partial charge in [0.1, 0.15) is 16.4 Å². The molecule has 0 unspecified atom stereocenters. The Bertz CT molecular complexity index is 1300. The van der Waals surface area contributed by atoms with Gasteiger partial charge in [-0.1, -0.05) is 36.3 Å². The fraction of sp³-hybridized carbons (Fsp3) is 0.333. The maximum atomic E-state index is 13.3. The van der Waals surface area contributed by atoms with Crippen LogP contribution < -0.4 is 19.5 Å². The highest BCUT2D eigenvalue weighted by molar-refractivity contribution is 7.92. The van der Waals surface area contributed by atoms with Crippen molar-refractivity contribution >= 4 is 38.1 Å². The summed E-state index contributed by atoms with van der Waals surface area (Å²) in [5.74, 6) is 0.647. The molecule has 34 heavy (non-hydrogen) atoms. The third-order valence-electron chi connectivity index (χ3n) is 5.82. The molecule has 1 saturated carbocycles. The molecule has 4 rings (SSSR count). The van der Waals surface area contributed by atoms with E-state index >= 15 is 0 Å². The number of nitrogens with zero attached hydrogens (tertiary/aromatic N) is 1. The zero-order chi connectivity index (χ0) is 24.3. The minimum atomic E-state index is -4.00. The molecule has 1 heterocycles. The number of amides is 1. The fourth-order valence-corrected chi connectivity index (χ4v) is 6.30. The van der Waals surface area contributed by atoms with Crippen molar-refractivity contribution in [1.29, 1.82) is 0 Å². The van der Waals surface area contributed by atoms with E-state index in [1.807, 2.05) is 6.92 Å². The molecule has 3 aromatic rings. The average molecular weight is 502 g/mol. The lowest BCUT2D eigenvalue weighted by Gasteiger charge is -2.14. The van der Waals surface area contributed by atoms with Crippen LogP contribution in [0.1, 0.15) is 31.4 Å². The summed E-state index contributed by atoms with van der Waals surface area (Å²) in [5, 5.41) is 3.44. The molecule has 0 aliphatic heterocycles. The molecule has 1 aliphatic carbocycles. The van der Waals surface area contributed by atoms with E-state index in [4.69, 9.17) is 9.47 Å². The lowest BCUT2D eigenvalue weighted by Crippen LogP contribution is -2.20. The summed E-state index contributed by atoms with van der Waals surface area (Å²) in [6.45, 7) is 1.84. The smallest absolute Gasteiger partial charge is 0.265 e. The SMILES string of the molecule is COc1ccccc1NS(=O)(=O)c1cc(-c2sc(NC(=O)C3CCCC3)nc2C)ccc1OC. The number of nitrogens with one attached hydrogen (secondary N) is 2. The number of sulfonamides is 1. The maximum Gasteiger partial charge on any atom is 0.265 e. The first-order valence-electron chi connectivity index (χ1n) is 10.9. The second-order valence-electron chi connectivity index (χ2n) is 8.08. The molecule has 1 amide bonds. The number of methoxy groups -OCH3 is 2. The van der Waals surface area contributed by atoms with E-state index in [-0.39, 0.29) is 22.5 Å². The minimum absolute atomic E-state index is 0.00296. The van der Waals surface area contributed by atoms with Gasteiger partial charge in [0.05, 0.1) is 30.5 Å². The van der Waals surface area contributed by atoms with Crippen molar-refractivity contribution in [3.63, 3.8) is 0 Å². The highest BCUT2D eigenvalue weighted by atomic mass is 32.2. The molecule has 0 atom stereocenters. The molecule has 8 nitrogen and oxygen atoms in total. The molecule has 0 saturated heterocycles. The number of aromatic nitrogens is 1. The van der Waals surface area contributed by atoms with Gasteiger partial charge in [0.15, 0.2) is 5.13 Å². The van der Waals surface area contributed by atoms with Crippen molar-refractivity contribution in [2.24, 2.45) is 5.92 Å². The first-order chi connectivity index (χ1) is 16.3. The lowest BCUT2D eigenvalue weighted by atomic mass is 10.1. The van der Waals surface area contributed by atoms with Crippen molar-refractivity contribution in [3.05, 3.63) is 48.2 Å². The Morgan fingerprint density at radius 3 is 2.47 bits per heavy atom. The van der Waals surface area contributed by atoms with Gasteiger partial charge in [-0.15, -0.1) is 0 Å². The number of carbonyl (C=O) groups excluding carboxylic acids is 1. The normalized spacial score (nSPS) is 14.1. The predicted octanol–water partition coefficient (Wildman–Crippen LogP) is 5.07. The van der Waals surface area contributed by atoms with Gasteiger partial charge in [0.25, 0.3) is 10.0 Å². The molecule has 1 aliphatic rings. The van der Waals surface area contributed by atoms with Crippen molar-refractivity contribution in [2.45, 2.75) is 37.5 Å². The third-order valence-corrected chi connectivity index (χ3v) is 8.33. The van der Waals surface area contributed by atoms with Crippen molar-refractivity contribution < 1.29 is 22.7 Å². The minimum Gasteiger partial charge on any atom is -0.495 e. The molecule has 2 N–H and O–H groups in total. The van der Waals surface area contributed by atoms with Gasteiger partial charge in [-0.25, -0.2) is 13.4 Å². The second-order valence-corrected chi connectivity index (χ2v) is 10.7. The Balaban J connectivity index is 1.65. The molecule has 2 aromatic carbocycles. The first-order valence-corrected chi connectivity index (χ1v) is 13.2. The first kappa shape index (κ1) is 24.0. The van der Waals surface area contributed by atoms with Gasteiger partial charge >= 0.3 is 0 Å². The van der Waals surface area contributed by atoms with Gasteiger partial charge in [-0.05, 0) is 55.7 Å². The standard InChI is InChI=1S/C24H27N3O5S2/c1-15-22(33-24(25-15)26-23(28)16-8-4-5-9-16)17-12-13-20(32-3)21(14-17)34(29,30)27-18-10-6-7-11-19(18)31-2/h6-7,10-14,16,27H,4-5,8-9H2,1-3H3,(H,25,26,28). The fourth-order valence-electron chi connectivity index (χ4n) is 4.07. The summed E-state index contributed by atoms with van der Waals surface area (Å²) in [7, 11) is -1.10. The van der Waals surface area contributed by atoms with Crippen LogP contribution in [-0.4, -0.2) is 33.5 Å². The number of rotatable bonds is 8. The molecule has 0 spiro atoms. The number of aryl methyl sites for hydroxylation is 1. The number of carbonyl (C=O) groups is 1. The highest BCUT2D eigenvalue weighted by Crippen LogP contribution is 2.38. The number of hydrogen-bond donors (Lipinski definition) is 2. The monoisotopic (exact) mass is 501 g/mol. The number of benzene rings is 2. The summed E-state index contributed by atoms with van der Waals surface area (Å²) in [4.78, 5) is 17.8. The largest absolute Gasteiger partial charge is 0.495 e. The van der Waals surface area contributed by atoms with Gasteiger partial charge in [0, 0.05) is 5.92 Å². The number of thiazole rings is 1. The third kappa shape index (κ3) is 5.02. The Labute approximate surface area is 203 Å². The van der Waals surface area contributed by atoms with Crippen molar-refractivity contribution in [3.8, 4) is 21.9 Å². The van der Waals surface area contributed by atoms with Gasteiger partial charge in [0.2, 0.25) is 5.91 Å². The zero-order valence-corrected chi connectivity index (χ0v) is 20.9. The van der Waals surface area contributed by atoms with Crippen LogP contribution in [0.15, 0.2) is 47.4 Å². The highest BCUT2D eigenvalue weighted by Gasteiger charge is 2.25. The lowest BCUT2D eigenvalue weighted by molar-refractivity contribution is -0.119. The van der Waals surface area contributed by atoms with Crippen LogP contribution in [0.5, 0.6) is 11.5 Å². The van der Waals surface area contributed by atoms with Gasteiger partial charge in [-0.2, -0.15) is 0 Å². The topological polar surface area (TPSA) is 107 Å². The van der Waals surface area contributed by atoms with Crippen LogP contribution in [0.25, 0.3) is 10.4 Å². The van der Waals surface area contributed by atoms with Crippen LogP contribution in [0.4, 0.5) is 10.8 Å². The summed E-state index contributed by atoms with van der Waals surface area (Å²) in [6, 6.07) is 11.7. The molecule has 1 fully saturated rings. The Kier molecular flexibility index (Phi) is 7.08.